The van der Waals surface area contributed by atoms with Crippen LogP contribution in [0.1, 0.15) is 0 Å². The van der Waals surface area contributed by atoms with E-state index in [1.165, 1.54) is 23.1 Å². The number of likely N-dealkylation sites (N-methyl/N-ethyl adjacent to an activating group) is 1. The van der Waals surface area contributed by atoms with E-state index in [1.54, 1.807) is 27.6 Å². The van der Waals surface area contributed by atoms with Gasteiger partial charge in [0, 0.05) is 5.38 Å². The van der Waals surface area contributed by atoms with E-state index in [1.807, 2.05) is 0 Å². The molecule has 1 fully saturated rings. The van der Waals surface area contributed by atoms with Gasteiger partial charge in [0.25, 0.3) is 0 Å². The molecule has 6 heteroatoms. The number of aromatic nitrogens is 1. The van der Waals surface area contributed by atoms with Gasteiger partial charge in [-0.05, 0) is 28.1 Å². The fourth-order valence-corrected chi connectivity index (χ4v) is 4.36. The summed E-state index contributed by atoms with van der Waals surface area (Å²) in [5.74, 6) is 0. The lowest BCUT2D eigenvalue weighted by Gasteiger charge is -2.29. The lowest BCUT2D eigenvalue weighted by Crippen LogP contribution is -3.12. The molecule has 2 aromatic heterocycles. The fourth-order valence-electron chi connectivity index (χ4n) is 2.05. The molecule has 1 aliphatic heterocycles. The van der Waals surface area contributed by atoms with Gasteiger partial charge in [0.05, 0.1) is 47.6 Å². The van der Waals surface area contributed by atoms with E-state index in [2.05, 4.69) is 45.4 Å². The number of halogens is 1. The zero-order chi connectivity index (χ0) is 12.5. The van der Waals surface area contributed by atoms with E-state index in [-0.39, 0.29) is 0 Å². The molecule has 0 saturated carbocycles. The Morgan fingerprint density at radius 1 is 1.33 bits per heavy atom. The number of rotatable bonds is 2. The van der Waals surface area contributed by atoms with Gasteiger partial charge in [-0.15, -0.1) is 22.7 Å². The highest BCUT2D eigenvalue weighted by Crippen LogP contribution is 2.33. The van der Waals surface area contributed by atoms with Gasteiger partial charge in [-0.3, -0.25) is 0 Å². The molecule has 3 nitrogen and oxygen atoms in total. The molecule has 0 aliphatic carbocycles. The molecule has 18 heavy (non-hydrogen) atoms. The van der Waals surface area contributed by atoms with E-state index >= 15 is 0 Å². The molecule has 0 aromatic carbocycles. The van der Waals surface area contributed by atoms with Crippen molar-refractivity contribution in [2.75, 3.05) is 38.1 Å². The van der Waals surface area contributed by atoms with E-state index in [0.29, 0.717) is 0 Å². The van der Waals surface area contributed by atoms with Crippen molar-refractivity contribution in [1.82, 2.24) is 4.98 Å². The Hall–Kier alpha value is -0.430. The Morgan fingerprint density at radius 2 is 2.11 bits per heavy atom. The predicted molar refractivity (Wildman–Crippen MR) is 82.0 cm³/mol. The van der Waals surface area contributed by atoms with Crippen molar-refractivity contribution in [1.29, 1.82) is 0 Å². The highest BCUT2D eigenvalue weighted by atomic mass is 79.9. The number of anilines is 1. The van der Waals surface area contributed by atoms with Gasteiger partial charge in [-0.1, -0.05) is 0 Å². The molecular formula is C12H15BrN3S2+. The maximum Gasteiger partial charge on any atom is 0.186 e. The summed E-state index contributed by atoms with van der Waals surface area (Å²) in [5.41, 5.74) is 1.11. The van der Waals surface area contributed by atoms with Crippen LogP contribution >= 0.6 is 38.6 Å². The Labute approximate surface area is 123 Å². The molecule has 1 N–H and O–H groups in total. The second-order valence-electron chi connectivity index (χ2n) is 4.56. The molecule has 0 radical (unpaired) electrons. The first-order valence-electron chi connectivity index (χ1n) is 6.00. The number of quaternary nitrogens is 1. The summed E-state index contributed by atoms with van der Waals surface area (Å²) in [4.78, 5) is 10.0. The third-order valence-corrected chi connectivity index (χ3v) is 5.75. The van der Waals surface area contributed by atoms with Gasteiger partial charge in [-0.2, -0.15) is 0 Å². The lowest BCUT2D eigenvalue weighted by atomic mass is 10.3. The third kappa shape index (κ3) is 2.61. The normalized spacial score (nSPS) is 17.3. The summed E-state index contributed by atoms with van der Waals surface area (Å²) in [6, 6.07) is 4.21. The molecule has 0 unspecified atom stereocenters. The minimum Gasteiger partial charge on any atom is -0.337 e. The van der Waals surface area contributed by atoms with Crippen LogP contribution in [0.3, 0.4) is 0 Å². The van der Waals surface area contributed by atoms with E-state index < -0.39 is 0 Å². The Kier molecular flexibility index (Phi) is 3.70. The number of thiophene rings is 1. The first-order valence-corrected chi connectivity index (χ1v) is 8.49. The highest BCUT2D eigenvalue weighted by Gasteiger charge is 2.19. The largest absolute Gasteiger partial charge is 0.337 e. The van der Waals surface area contributed by atoms with Crippen molar-refractivity contribution in [3.63, 3.8) is 0 Å². The minimum absolute atomic E-state index is 1.11. The maximum absolute atomic E-state index is 4.77. The average Bonchev–Trinajstić information content (AvgIpc) is 2.98. The standard InChI is InChI=1S/C12H14BrN3S2/c1-15-4-6-16(7-5-15)12-14-9(8-17-12)10-2-3-11(13)18-10/h2-3,8H,4-7H2,1H3/p+1. The van der Waals surface area contributed by atoms with Crippen LogP contribution in [-0.2, 0) is 0 Å². The van der Waals surface area contributed by atoms with Crippen LogP contribution in [0.5, 0.6) is 0 Å². The van der Waals surface area contributed by atoms with Gasteiger partial charge < -0.3 is 9.80 Å². The van der Waals surface area contributed by atoms with Gasteiger partial charge >= 0.3 is 0 Å². The minimum atomic E-state index is 1.11. The maximum atomic E-state index is 4.77. The SMILES string of the molecule is C[NH+]1CCN(c2nc(-c3ccc(Br)s3)cs2)CC1. The molecule has 3 heterocycles. The molecular weight excluding hydrogens is 330 g/mol. The second kappa shape index (κ2) is 5.28. The van der Waals surface area contributed by atoms with E-state index in [4.69, 9.17) is 4.98 Å². The van der Waals surface area contributed by atoms with Gasteiger partial charge in [-0.25, -0.2) is 4.98 Å². The van der Waals surface area contributed by atoms with Crippen molar-refractivity contribution >= 4 is 43.7 Å². The average molecular weight is 345 g/mol. The van der Waals surface area contributed by atoms with Crippen LogP contribution < -0.4 is 9.80 Å². The number of piperazine rings is 1. The van der Waals surface area contributed by atoms with Crippen LogP contribution in [0, 0.1) is 0 Å². The number of hydrogen-bond donors (Lipinski definition) is 1. The zero-order valence-electron chi connectivity index (χ0n) is 10.1. The van der Waals surface area contributed by atoms with Gasteiger partial charge in [0.1, 0.15) is 0 Å². The number of hydrogen-bond acceptors (Lipinski definition) is 4. The number of thiazole rings is 1. The monoisotopic (exact) mass is 344 g/mol. The summed E-state index contributed by atoms with van der Waals surface area (Å²) < 4.78 is 1.16. The summed E-state index contributed by atoms with van der Waals surface area (Å²) in [6.07, 6.45) is 0. The quantitative estimate of drug-likeness (QED) is 0.898. The van der Waals surface area contributed by atoms with Crippen molar-refractivity contribution < 1.29 is 4.90 Å². The molecule has 1 saturated heterocycles. The summed E-state index contributed by atoms with van der Waals surface area (Å²) in [6.45, 7) is 4.65. The van der Waals surface area contributed by atoms with Crippen molar-refractivity contribution in [3.8, 4) is 10.6 Å². The molecule has 0 bridgehead atoms. The summed E-state index contributed by atoms with van der Waals surface area (Å²) >= 11 is 7.00. The second-order valence-corrected chi connectivity index (χ2v) is 7.86. The van der Waals surface area contributed by atoms with Gasteiger partial charge in [0.2, 0.25) is 0 Å². The number of nitrogens with zero attached hydrogens (tertiary/aromatic N) is 2. The molecule has 0 atom stereocenters. The third-order valence-electron chi connectivity index (χ3n) is 3.21. The topological polar surface area (TPSA) is 20.6 Å². The van der Waals surface area contributed by atoms with Gasteiger partial charge in [0.15, 0.2) is 5.13 Å². The summed E-state index contributed by atoms with van der Waals surface area (Å²) in [7, 11) is 2.26. The summed E-state index contributed by atoms with van der Waals surface area (Å²) in [5, 5.41) is 3.33. The Morgan fingerprint density at radius 3 is 2.78 bits per heavy atom. The molecule has 3 rings (SSSR count). The molecule has 2 aromatic rings. The van der Waals surface area contributed by atoms with E-state index in [0.717, 1.165) is 22.6 Å². The lowest BCUT2D eigenvalue weighted by molar-refractivity contribution is -0.880. The first kappa shape index (κ1) is 12.6. The highest BCUT2D eigenvalue weighted by molar-refractivity contribution is 9.11. The van der Waals surface area contributed by atoms with E-state index in [9.17, 15) is 0 Å². The predicted octanol–water partition coefficient (Wildman–Crippen LogP) is 1.97. The Balaban J connectivity index is 1.77. The molecule has 0 amide bonds. The van der Waals surface area contributed by atoms with Crippen molar-refractivity contribution in [2.45, 2.75) is 0 Å². The van der Waals surface area contributed by atoms with Crippen LogP contribution in [0.25, 0.3) is 10.6 Å². The van der Waals surface area contributed by atoms with Crippen molar-refractivity contribution in [2.24, 2.45) is 0 Å². The number of nitrogens with one attached hydrogen (secondary N) is 1. The zero-order valence-corrected chi connectivity index (χ0v) is 13.4. The fraction of sp³-hybridized carbons (Fsp3) is 0.417. The van der Waals surface area contributed by atoms with Crippen LogP contribution in [0.15, 0.2) is 21.3 Å². The van der Waals surface area contributed by atoms with Crippen LogP contribution in [0.4, 0.5) is 5.13 Å². The first-order chi connectivity index (χ1) is 8.72. The smallest absolute Gasteiger partial charge is 0.186 e. The molecule has 0 spiro atoms. The molecule has 1 aliphatic rings. The Bertz CT molecular complexity index is 529. The van der Waals surface area contributed by atoms with Crippen LogP contribution in [-0.4, -0.2) is 38.2 Å². The van der Waals surface area contributed by atoms with Crippen molar-refractivity contribution in [3.05, 3.63) is 21.3 Å². The molecule has 96 valence electrons. The van der Waals surface area contributed by atoms with Crippen LogP contribution in [0.2, 0.25) is 0 Å².